The molecule has 0 aromatic heterocycles. The van der Waals surface area contributed by atoms with Gasteiger partial charge in [0, 0.05) is 33.7 Å². The lowest BCUT2D eigenvalue weighted by molar-refractivity contribution is -0.142. The number of ketones is 1. The number of carbonyl (C=O) groups excluding carboxylic acids is 2. The summed E-state index contributed by atoms with van der Waals surface area (Å²) in [7, 11) is 1.68. The molecule has 0 unspecified atom stereocenters. The second-order valence-electron chi connectivity index (χ2n) is 4.13. The zero-order valence-corrected chi connectivity index (χ0v) is 9.49. The lowest BCUT2D eigenvalue weighted by Gasteiger charge is -2.24. The molecule has 1 aliphatic rings. The predicted octanol–water partition coefficient (Wildman–Crippen LogP) is 0.850. The summed E-state index contributed by atoms with van der Waals surface area (Å²) in [6.07, 6.45) is 3.11. The van der Waals surface area contributed by atoms with Crippen LogP contribution in [0.15, 0.2) is 0 Å². The Kier molecular flexibility index (Phi) is 4.75. The first-order chi connectivity index (χ1) is 7.11. The van der Waals surface area contributed by atoms with Crippen LogP contribution in [0.4, 0.5) is 0 Å². The van der Waals surface area contributed by atoms with E-state index in [2.05, 4.69) is 0 Å². The van der Waals surface area contributed by atoms with Crippen LogP contribution in [0.3, 0.4) is 0 Å². The maximum absolute atomic E-state index is 11.3. The molecule has 0 aromatic rings. The molecule has 0 N–H and O–H groups in total. The highest BCUT2D eigenvalue weighted by Crippen LogP contribution is 2.18. The number of likely N-dealkylation sites (N-methyl/N-ethyl adjacent to an activating group) is 1. The molecule has 1 fully saturated rings. The van der Waals surface area contributed by atoms with E-state index >= 15 is 0 Å². The quantitative estimate of drug-likeness (QED) is 0.650. The lowest BCUT2D eigenvalue weighted by Crippen LogP contribution is -2.34. The number of Topliss-reactive ketones (excluding diaryl/α,β-unsaturated/α-hetero) is 1. The minimum absolute atomic E-state index is 0.385. The van der Waals surface area contributed by atoms with E-state index in [4.69, 9.17) is 4.74 Å². The van der Waals surface area contributed by atoms with Crippen LogP contribution in [-0.2, 0) is 14.3 Å². The molecule has 0 aliphatic carbocycles. The molecule has 1 heterocycles. The fourth-order valence-electron chi connectivity index (χ4n) is 1.78. The number of nitrogens with zero attached hydrogens (tertiary/aromatic N) is 1. The van der Waals surface area contributed by atoms with E-state index < -0.39 is 0 Å². The smallest absolute Gasteiger partial charge is 0.289 e. The Bertz CT molecular complexity index is 234. The van der Waals surface area contributed by atoms with E-state index in [0.29, 0.717) is 12.5 Å². The summed E-state index contributed by atoms with van der Waals surface area (Å²) in [4.78, 5) is 23.6. The molecule has 1 saturated heterocycles. The molecule has 0 saturated carbocycles. The molecule has 15 heavy (non-hydrogen) atoms. The number of amides is 1. The topological polar surface area (TPSA) is 46.6 Å². The molecule has 0 atom stereocenters. The van der Waals surface area contributed by atoms with Crippen LogP contribution >= 0.6 is 0 Å². The van der Waals surface area contributed by atoms with Crippen molar-refractivity contribution < 1.29 is 14.3 Å². The van der Waals surface area contributed by atoms with Gasteiger partial charge in [-0.1, -0.05) is 0 Å². The minimum Gasteiger partial charge on any atom is -0.381 e. The van der Waals surface area contributed by atoms with Gasteiger partial charge in [0.1, 0.15) is 0 Å². The SMILES string of the molecule is CC(=O)C(=O)N(C)CCC1CCOCC1. The van der Waals surface area contributed by atoms with Crippen molar-refractivity contribution in [3.63, 3.8) is 0 Å². The first kappa shape index (κ1) is 12.2. The van der Waals surface area contributed by atoms with Crippen LogP contribution < -0.4 is 0 Å². The van der Waals surface area contributed by atoms with Crippen molar-refractivity contribution in [3.05, 3.63) is 0 Å². The van der Waals surface area contributed by atoms with Crippen LogP contribution in [0.2, 0.25) is 0 Å². The Morgan fingerprint density at radius 3 is 2.47 bits per heavy atom. The predicted molar refractivity (Wildman–Crippen MR) is 56.5 cm³/mol. The standard InChI is InChI=1S/C11H19NO3/c1-9(13)11(14)12(2)6-3-10-4-7-15-8-5-10/h10H,3-8H2,1-2H3. The van der Waals surface area contributed by atoms with Crippen molar-refractivity contribution in [2.75, 3.05) is 26.8 Å². The zero-order chi connectivity index (χ0) is 11.3. The van der Waals surface area contributed by atoms with Gasteiger partial charge in [-0.3, -0.25) is 9.59 Å². The molecule has 0 spiro atoms. The largest absolute Gasteiger partial charge is 0.381 e. The fraction of sp³-hybridized carbons (Fsp3) is 0.818. The first-order valence-electron chi connectivity index (χ1n) is 5.45. The third-order valence-corrected chi connectivity index (χ3v) is 2.86. The second-order valence-corrected chi connectivity index (χ2v) is 4.13. The van der Waals surface area contributed by atoms with Gasteiger partial charge in [0.25, 0.3) is 5.91 Å². The highest BCUT2D eigenvalue weighted by molar-refractivity contribution is 6.34. The molecule has 1 amide bonds. The molecule has 86 valence electrons. The van der Waals surface area contributed by atoms with Crippen LogP contribution in [0.5, 0.6) is 0 Å². The third-order valence-electron chi connectivity index (χ3n) is 2.86. The van der Waals surface area contributed by atoms with Crippen LogP contribution in [0.1, 0.15) is 26.2 Å². The maximum Gasteiger partial charge on any atom is 0.289 e. The van der Waals surface area contributed by atoms with Gasteiger partial charge in [-0.2, -0.15) is 0 Å². The number of hydrogen-bond donors (Lipinski definition) is 0. The van der Waals surface area contributed by atoms with E-state index in [0.717, 1.165) is 32.5 Å². The van der Waals surface area contributed by atoms with E-state index in [1.807, 2.05) is 0 Å². The summed E-state index contributed by atoms with van der Waals surface area (Å²) in [6, 6.07) is 0. The Morgan fingerprint density at radius 1 is 1.33 bits per heavy atom. The van der Waals surface area contributed by atoms with E-state index in [9.17, 15) is 9.59 Å². The van der Waals surface area contributed by atoms with Gasteiger partial charge in [-0.05, 0) is 25.2 Å². The van der Waals surface area contributed by atoms with Gasteiger partial charge in [0.15, 0.2) is 0 Å². The number of rotatable bonds is 4. The molecule has 0 aromatic carbocycles. The highest BCUT2D eigenvalue weighted by Gasteiger charge is 2.17. The van der Waals surface area contributed by atoms with Crippen LogP contribution in [0.25, 0.3) is 0 Å². The van der Waals surface area contributed by atoms with Crippen molar-refractivity contribution in [3.8, 4) is 0 Å². The minimum atomic E-state index is -0.387. The Morgan fingerprint density at radius 2 is 1.93 bits per heavy atom. The summed E-state index contributed by atoms with van der Waals surface area (Å²) in [5, 5.41) is 0. The van der Waals surface area contributed by atoms with Crippen molar-refractivity contribution in [2.45, 2.75) is 26.2 Å². The fourth-order valence-corrected chi connectivity index (χ4v) is 1.78. The van der Waals surface area contributed by atoms with E-state index in [1.54, 1.807) is 7.05 Å². The summed E-state index contributed by atoms with van der Waals surface area (Å²) in [5.74, 6) is -0.132. The van der Waals surface area contributed by atoms with Gasteiger partial charge in [0.2, 0.25) is 5.78 Å². The van der Waals surface area contributed by atoms with Gasteiger partial charge in [0.05, 0.1) is 0 Å². The first-order valence-corrected chi connectivity index (χ1v) is 5.45. The third kappa shape index (κ3) is 4.00. The van der Waals surface area contributed by atoms with Gasteiger partial charge >= 0.3 is 0 Å². The molecule has 0 radical (unpaired) electrons. The van der Waals surface area contributed by atoms with Crippen LogP contribution in [-0.4, -0.2) is 43.4 Å². The summed E-state index contributed by atoms with van der Waals surface area (Å²) >= 11 is 0. The average Bonchev–Trinajstić information content (AvgIpc) is 2.26. The van der Waals surface area contributed by atoms with Crippen molar-refractivity contribution in [1.82, 2.24) is 4.90 Å². The molecule has 4 nitrogen and oxygen atoms in total. The monoisotopic (exact) mass is 213 g/mol. The van der Waals surface area contributed by atoms with Gasteiger partial charge in [-0.25, -0.2) is 0 Å². The Balaban J connectivity index is 2.23. The van der Waals surface area contributed by atoms with E-state index in [-0.39, 0.29) is 11.7 Å². The number of ether oxygens (including phenoxy) is 1. The van der Waals surface area contributed by atoms with E-state index in [1.165, 1.54) is 11.8 Å². The molecular weight excluding hydrogens is 194 g/mol. The number of carbonyl (C=O) groups is 2. The Labute approximate surface area is 90.6 Å². The second kappa shape index (κ2) is 5.85. The highest BCUT2D eigenvalue weighted by atomic mass is 16.5. The summed E-state index contributed by atoms with van der Waals surface area (Å²) in [5.41, 5.74) is 0. The maximum atomic E-state index is 11.3. The van der Waals surface area contributed by atoms with Gasteiger partial charge < -0.3 is 9.64 Å². The van der Waals surface area contributed by atoms with Crippen molar-refractivity contribution in [1.29, 1.82) is 0 Å². The molecule has 1 rings (SSSR count). The van der Waals surface area contributed by atoms with Gasteiger partial charge in [-0.15, -0.1) is 0 Å². The molecule has 0 bridgehead atoms. The zero-order valence-electron chi connectivity index (χ0n) is 9.49. The van der Waals surface area contributed by atoms with Crippen LogP contribution in [0, 0.1) is 5.92 Å². The lowest BCUT2D eigenvalue weighted by atomic mass is 9.96. The normalized spacial score (nSPS) is 17.5. The Hall–Kier alpha value is -0.900. The molecular formula is C11H19NO3. The summed E-state index contributed by atoms with van der Waals surface area (Å²) in [6.45, 7) is 3.64. The van der Waals surface area contributed by atoms with Crippen molar-refractivity contribution in [2.24, 2.45) is 5.92 Å². The molecule has 4 heteroatoms. The summed E-state index contributed by atoms with van der Waals surface area (Å²) < 4.78 is 5.26. The molecule has 1 aliphatic heterocycles. The van der Waals surface area contributed by atoms with Crippen molar-refractivity contribution >= 4 is 11.7 Å². The number of hydrogen-bond acceptors (Lipinski definition) is 3. The average molecular weight is 213 g/mol.